The fourth-order valence-corrected chi connectivity index (χ4v) is 3.77. The molecule has 0 fully saturated rings. The van der Waals surface area contributed by atoms with E-state index in [1.54, 1.807) is 0 Å². The van der Waals surface area contributed by atoms with Crippen molar-refractivity contribution in [3.05, 3.63) is 60.0 Å². The molecule has 1 aromatic rings. The zero-order valence-electron chi connectivity index (χ0n) is 9.90. The van der Waals surface area contributed by atoms with Crippen LogP contribution in [0.5, 0.6) is 0 Å². The monoisotopic (exact) mass is 341 g/mol. The van der Waals surface area contributed by atoms with Gasteiger partial charge in [0.15, 0.2) is 0 Å². The van der Waals surface area contributed by atoms with Crippen molar-refractivity contribution >= 4 is 25.0 Å². The molecule has 0 unspecified atom stereocenters. The summed E-state index contributed by atoms with van der Waals surface area (Å²) in [5.74, 6) is 0.794. The molecule has 1 aliphatic heterocycles. The average molecular weight is 341 g/mol. The number of nitrogens with zero attached hydrogens (tertiary/aromatic N) is 1. The van der Waals surface area contributed by atoms with E-state index < -0.39 is 0 Å². The van der Waals surface area contributed by atoms with E-state index in [1.165, 1.54) is 5.56 Å². The molecular weight excluding hydrogens is 325 g/mol. The maximum Gasteiger partial charge on any atom is 0.121 e. The molecule has 3 heteroatoms. The standard InChI is InChI=1S/C14H16INO/c1-3-17-12(2)14-9-15-16(11-14)10-13-7-5-4-6-8-13/h4-9,11H,2-3,10H2,1H3. The highest BCUT2D eigenvalue weighted by Crippen LogP contribution is 2.25. The lowest BCUT2D eigenvalue weighted by Crippen LogP contribution is -2.02. The van der Waals surface area contributed by atoms with Crippen molar-refractivity contribution in [3.63, 3.8) is 0 Å². The van der Waals surface area contributed by atoms with Gasteiger partial charge in [0.1, 0.15) is 5.76 Å². The molecule has 0 aromatic heterocycles. The lowest BCUT2D eigenvalue weighted by Gasteiger charge is -2.11. The van der Waals surface area contributed by atoms with E-state index >= 15 is 0 Å². The first-order valence-electron chi connectivity index (χ1n) is 5.61. The van der Waals surface area contributed by atoms with Gasteiger partial charge in [0.25, 0.3) is 0 Å². The zero-order valence-corrected chi connectivity index (χ0v) is 12.1. The van der Waals surface area contributed by atoms with Gasteiger partial charge >= 0.3 is 0 Å². The maximum atomic E-state index is 5.42. The summed E-state index contributed by atoms with van der Waals surface area (Å²) in [5, 5.41) is 0. The van der Waals surface area contributed by atoms with Crippen LogP contribution >= 0.6 is 21.0 Å². The molecule has 0 amide bonds. The Morgan fingerprint density at radius 3 is 2.82 bits per heavy atom. The van der Waals surface area contributed by atoms with Crippen LogP contribution < -0.4 is 0 Å². The van der Waals surface area contributed by atoms with Crippen molar-refractivity contribution in [2.45, 2.75) is 13.5 Å². The highest BCUT2D eigenvalue weighted by Gasteiger charge is 2.10. The predicted octanol–water partition coefficient (Wildman–Crippen LogP) is 3.62. The second kappa shape index (κ2) is 6.00. The van der Waals surface area contributed by atoms with Gasteiger partial charge in [-0.1, -0.05) is 36.9 Å². The van der Waals surface area contributed by atoms with Gasteiger partial charge in [0, 0.05) is 11.8 Å². The third-order valence-corrected chi connectivity index (χ3v) is 4.67. The summed E-state index contributed by atoms with van der Waals surface area (Å²) >= 11 is -0.0598. The SMILES string of the molecule is C=C(OCC)C1=CN(Cc2ccccc2)I=C1. The van der Waals surface area contributed by atoms with Crippen LogP contribution in [0.2, 0.25) is 0 Å². The minimum Gasteiger partial charge on any atom is -0.494 e. The van der Waals surface area contributed by atoms with Crippen molar-refractivity contribution in [2.75, 3.05) is 6.61 Å². The van der Waals surface area contributed by atoms with Crippen molar-refractivity contribution in [1.29, 1.82) is 0 Å². The molecule has 2 nitrogen and oxygen atoms in total. The molecule has 0 saturated carbocycles. The lowest BCUT2D eigenvalue weighted by molar-refractivity contribution is 0.241. The van der Waals surface area contributed by atoms with Crippen LogP contribution in [0.4, 0.5) is 0 Å². The van der Waals surface area contributed by atoms with Gasteiger partial charge in [-0.25, -0.2) is 0 Å². The number of benzene rings is 1. The van der Waals surface area contributed by atoms with Gasteiger partial charge in [-0.2, -0.15) is 0 Å². The minimum absolute atomic E-state index is 0.0598. The predicted molar refractivity (Wildman–Crippen MR) is 80.9 cm³/mol. The first-order valence-corrected chi connectivity index (χ1v) is 7.82. The molecule has 17 heavy (non-hydrogen) atoms. The molecule has 2 rings (SSSR count). The van der Waals surface area contributed by atoms with Gasteiger partial charge in [-0.15, -0.1) is 0 Å². The van der Waals surface area contributed by atoms with Crippen LogP contribution in [-0.2, 0) is 11.3 Å². The Hall–Kier alpha value is -1.10. The number of rotatable bonds is 5. The highest BCUT2D eigenvalue weighted by molar-refractivity contribution is 14.2. The number of ether oxygens (including phenoxy) is 1. The summed E-state index contributed by atoms with van der Waals surface area (Å²) < 4.78 is 10.1. The molecule has 0 radical (unpaired) electrons. The van der Waals surface area contributed by atoms with Crippen molar-refractivity contribution in [2.24, 2.45) is 0 Å². The first kappa shape index (κ1) is 12.4. The Balaban J connectivity index is 1.98. The molecule has 0 N–H and O–H groups in total. The molecule has 0 saturated heterocycles. The molecule has 0 aliphatic carbocycles. The van der Waals surface area contributed by atoms with Crippen LogP contribution in [-0.4, -0.2) is 13.7 Å². The summed E-state index contributed by atoms with van der Waals surface area (Å²) in [6.07, 6.45) is 2.16. The molecule has 1 aromatic carbocycles. The summed E-state index contributed by atoms with van der Waals surface area (Å²) in [6, 6.07) is 10.5. The van der Waals surface area contributed by atoms with Gasteiger partial charge in [-0.3, -0.25) is 0 Å². The van der Waals surface area contributed by atoms with Crippen molar-refractivity contribution in [1.82, 2.24) is 3.11 Å². The quantitative estimate of drug-likeness (QED) is 0.461. The van der Waals surface area contributed by atoms with Crippen LogP contribution in [0.15, 0.2) is 54.4 Å². The first-order chi connectivity index (χ1) is 8.29. The molecule has 0 bridgehead atoms. The van der Waals surface area contributed by atoms with Crippen LogP contribution in [0, 0.1) is 0 Å². The summed E-state index contributed by atoms with van der Waals surface area (Å²) in [5.41, 5.74) is 2.50. The third kappa shape index (κ3) is 3.43. The smallest absolute Gasteiger partial charge is 0.121 e. The molecule has 90 valence electrons. The fourth-order valence-electron chi connectivity index (χ4n) is 1.55. The number of hydrogen-bond donors (Lipinski definition) is 0. The summed E-state index contributed by atoms with van der Waals surface area (Å²) in [7, 11) is 0. The second-order valence-corrected chi connectivity index (χ2v) is 6.11. The van der Waals surface area contributed by atoms with Crippen molar-refractivity contribution in [3.8, 4) is 0 Å². The molecule has 1 aliphatic rings. The van der Waals surface area contributed by atoms with E-state index in [2.05, 4.69) is 44.2 Å². The summed E-state index contributed by atoms with van der Waals surface area (Å²) in [4.78, 5) is 0. The minimum atomic E-state index is -0.0598. The van der Waals surface area contributed by atoms with Gasteiger partial charge < -0.3 is 7.85 Å². The Bertz CT molecular complexity index is 451. The van der Waals surface area contributed by atoms with Gasteiger partial charge in [0.2, 0.25) is 0 Å². The Morgan fingerprint density at radius 2 is 2.12 bits per heavy atom. The van der Waals surface area contributed by atoms with Gasteiger partial charge in [-0.05, 0) is 37.5 Å². The normalized spacial score (nSPS) is 14.2. The second-order valence-electron chi connectivity index (χ2n) is 3.69. The Labute approximate surface area is 113 Å². The van der Waals surface area contributed by atoms with E-state index in [9.17, 15) is 0 Å². The van der Waals surface area contributed by atoms with E-state index in [0.717, 1.165) is 17.9 Å². The zero-order chi connectivity index (χ0) is 12.1. The topological polar surface area (TPSA) is 12.5 Å². The van der Waals surface area contributed by atoms with Gasteiger partial charge in [0.05, 0.1) is 13.2 Å². The molecule has 1 heterocycles. The van der Waals surface area contributed by atoms with E-state index in [-0.39, 0.29) is 21.0 Å². The number of halogens is 1. The van der Waals surface area contributed by atoms with E-state index in [0.29, 0.717) is 6.61 Å². The van der Waals surface area contributed by atoms with E-state index in [4.69, 9.17) is 4.74 Å². The molecular formula is C14H16INO. The Morgan fingerprint density at radius 1 is 1.35 bits per heavy atom. The van der Waals surface area contributed by atoms with E-state index in [1.807, 2.05) is 13.0 Å². The van der Waals surface area contributed by atoms with Crippen LogP contribution in [0.3, 0.4) is 0 Å². The maximum absolute atomic E-state index is 5.42. The van der Waals surface area contributed by atoms with Crippen molar-refractivity contribution < 1.29 is 4.74 Å². The number of allylic oxidation sites excluding steroid dienone is 1. The third-order valence-electron chi connectivity index (χ3n) is 2.39. The highest BCUT2D eigenvalue weighted by atomic mass is 127. The average Bonchev–Trinajstić information content (AvgIpc) is 2.79. The number of hydrogen-bond acceptors (Lipinski definition) is 2. The largest absolute Gasteiger partial charge is 0.494 e. The summed E-state index contributed by atoms with van der Waals surface area (Å²) in [6.45, 7) is 7.58. The lowest BCUT2D eigenvalue weighted by atomic mass is 10.2. The van der Waals surface area contributed by atoms with Crippen LogP contribution in [0.1, 0.15) is 12.5 Å². The Kier molecular flexibility index (Phi) is 4.36. The van der Waals surface area contributed by atoms with Crippen LogP contribution in [0.25, 0.3) is 0 Å². The molecule has 0 atom stereocenters. The molecule has 0 spiro atoms. The fraction of sp³-hybridized carbons (Fsp3) is 0.214.